The Labute approximate surface area is 118 Å². The Morgan fingerprint density at radius 2 is 1.85 bits per heavy atom. The fourth-order valence-corrected chi connectivity index (χ4v) is 2.54. The van der Waals surface area contributed by atoms with E-state index in [9.17, 15) is 4.79 Å². The second kappa shape index (κ2) is 5.37. The fraction of sp³-hybridized carbons (Fsp3) is 0.235. The van der Waals surface area contributed by atoms with Gasteiger partial charge in [-0.25, -0.2) is 0 Å². The van der Waals surface area contributed by atoms with Crippen molar-refractivity contribution < 1.29 is 9.53 Å². The molecule has 3 rings (SSSR count). The summed E-state index contributed by atoms with van der Waals surface area (Å²) in [5.41, 5.74) is 2.06. The summed E-state index contributed by atoms with van der Waals surface area (Å²) < 4.78 is 5.63. The lowest BCUT2D eigenvalue weighted by molar-refractivity contribution is -0.118. The molecule has 0 N–H and O–H groups in total. The normalized spacial score (nSPS) is 16.4. The fourth-order valence-electron chi connectivity index (χ4n) is 2.54. The maximum absolute atomic E-state index is 12.4. The van der Waals surface area contributed by atoms with Gasteiger partial charge in [-0.1, -0.05) is 36.4 Å². The van der Waals surface area contributed by atoms with Gasteiger partial charge in [0.25, 0.3) is 0 Å². The zero-order valence-corrected chi connectivity index (χ0v) is 11.5. The second-order valence-corrected chi connectivity index (χ2v) is 5.04. The molecule has 1 atom stereocenters. The predicted molar refractivity (Wildman–Crippen MR) is 79.1 cm³/mol. The standard InChI is InChI=1S/C17H17NO2/c1-18(14-7-3-2-4-8-14)17(19)11-13-12-20-16-10-6-5-9-15(13)16/h2-10,13H,11-12H2,1H3. The average molecular weight is 267 g/mol. The highest BCUT2D eigenvalue weighted by atomic mass is 16.5. The molecule has 3 nitrogen and oxygen atoms in total. The van der Waals surface area contributed by atoms with Gasteiger partial charge in [-0.05, 0) is 18.2 Å². The number of anilines is 1. The summed E-state index contributed by atoms with van der Waals surface area (Å²) in [6.45, 7) is 0.591. The van der Waals surface area contributed by atoms with E-state index in [2.05, 4.69) is 0 Å². The van der Waals surface area contributed by atoms with Crippen molar-refractivity contribution in [2.45, 2.75) is 12.3 Å². The summed E-state index contributed by atoms with van der Waals surface area (Å²) in [5, 5.41) is 0. The number of ether oxygens (including phenoxy) is 1. The predicted octanol–water partition coefficient (Wildman–Crippen LogP) is 3.22. The average Bonchev–Trinajstić information content (AvgIpc) is 2.91. The van der Waals surface area contributed by atoms with Crippen molar-refractivity contribution in [2.24, 2.45) is 0 Å². The van der Waals surface area contributed by atoms with Gasteiger partial charge in [0.2, 0.25) is 5.91 Å². The molecule has 0 bridgehead atoms. The van der Waals surface area contributed by atoms with Gasteiger partial charge in [-0.3, -0.25) is 4.79 Å². The molecule has 0 saturated carbocycles. The van der Waals surface area contributed by atoms with Crippen LogP contribution in [0.15, 0.2) is 54.6 Å². The van der Waals surface area contributed by atoms with Gasteiger partial charge in [-0.15, -0.1) is 0 Å². The number of para-hydroxylation sites is 2. The lowest BCUT2D eigenvalue weighted by atomic mass is 9.97. The van der Waals surface area contributed by atoms with Crippen molar-refractivity contribution in [2.75, 3.05) is 18.6 Å². The number of nitrogens with zero attached hydrogens (tertiary/aromatic N) is 1. The van der Waals surface area contributed by atoms with Crippen LogP contribution in [0.25, 0.3) is 0 Å². The summed E-state index contributed by atoms with van der Waals surface area (Å²) in [6.07, 6.45) is 0.475. The molecule has 1 unspecified atom stereocenters. The molecule has 0 spiro atoms. The highest BCUT2D eigenvalue weighted by Gasteiger charge is 2.27. The topological polar surface area (TPSA) is 29.5 Å². The molecule has 0 aromatic heterocycles. The number of hydrogen-bond donors (Lipinski definition) is 0. The van der Waals surface area contributed by atoms with Crippen LogP contribution in [-0.2, 0) is 4.79 Å². The minimum atomic E-state index is 0.113. The van der Waals surface area contributed by atoms with E-state index in [1.807, 2.05) is 61.6 Å². The number of carbonyl (C=O) groups is 1. The first-order valence-corrected chi connectivity index (χ1v) is 6.79. The molecule has 1 aliphatic rings. The van der Waals surface area contributed by atoms with Crippen molar-refractivity contribution in [3.8, 4) is 5.75 Å². The van der Waals surface area contributed by atoms with Crippen LogP contribution >= 0.6 is 0 Å². The molecule has 1 amide bonds. The largest absolute Gasteiger partial charge is 0.493 e. The summed E-state index contributed by atoms with van der Waals surface area (Å²) in [4.78, 5) is 14.1. The van der Waals surface area contributed by atoms with Crippen LogP contribution in [0.1, 0.15) is 17.9 Å². The van der Waals surface area contributed by atoms with E-state index in [4.69, 9.17) is 4.74 Å². The Kier molecular flexibility index (Phi) is 3.42. The molecule has 0 fully saturated rings. The first-order chi connectivity index (χ1) is 9.75. The number of benzene rings is 2. The van der Waals surface area contributed by atoms with Gasteiger partial charge in [0.1, 0.15) is 5.75 Å². The molecule has 1 aliphatic heterocycles. The molecule has 1 heterocycles. The SMILES string of the molecule is CN(C(=O)CC1COc2ccccc21)c1ccccc1. The van der Waals surface area contributed by atoms with Crippen LogP contribution < -0.4 is 9.64 Å². The van der Waals surface area contributed by atoms with Gasteiger partial charge in [0, 0.05) is 30.6 Å². The molecule has 20 heavy (non-hydrogen) atoms. The van der Waals surface area contributed by atoms with Crippen LogP contribution in [-0.4, -0.2) is 19.6 Å². The number of fused-ring (bicyclic) bond motifs is 1. The summed E-state index contributed by atoms with van der Waals surface area (Å²) >= 11 is 0. The molecule has 0 saturated heterocycles. The Bertz CT molecular complexity index is 609. The van der Waals surface area contributed by atoms with E-state index >= 15 is 0 Å². The van der Waals surface area contributed by atoms with E-state index in [0.29, 0.717) is 13.0 Å². The lowest BCUT2D eigenvalue weighted by Gasteiger charge is -2.19. The van der Waals surface area contributed by atoms with E-state index in [1.54, 1.807) is 4.90 Å². The van der Waals surface area contributed by atoms with Crippen LogP contribution in [0.2, 0.25) is 0 Å². The van der Waals surface area contributed by atoms with Crippen LogP contribution in [0, 0.1) is 0 Å². The van der Waals surface area contributed by atoms with Crippen molar-refractivity contribution in [3.05, 3.63) is 60.2 Å². The third kappa shape index (κ3) is 2.39. The molecule has 0 radical (unpaired) electrons. The van der Waals surface area contributed by atoms with E-state index < -0.39 is 0 Å². The first kappa shape index (κ1) is 12.7. The van der Waals surface area contributed by atoms with Crippen molar-refractivity contribution in [1.29, 1.82) is 0 Å². The minimum absolute atomic E-state index is 0.113. The van der Waals surface area contributed by atoms with Gasteiger partial charge < -0.3 is 9.64 Å². The smallest absolute Gasteiger partial charge is 0.227 e. The summed E-state index contributed by atoms with van der Waals surface area (Å²) in [5.74, 6) is 1.18. The second-order valence-electron chi connectivity index (χ2n) is 5.04. The quantitative estimate of drug-likeness (QED) is 0.854. The molecule has 2 aromatic rings. The molecule has 2 aromatic carbocycles. The van der Waals surface area contributed by atoms with Crippen molar-refractivity contribution in [1.82, 2.24) is 0 Å². The zero-order valence-electron chi connectivity index (χ0n) is 11.5. The van der Waals surface area contributed by atoms with E-state index in [0.717, 1.165) is 17.0 Å². The van der Waals surface area contributed by atoms with Gasteiger partial charge in [-0.2, -0.15) is 0 Å². The molecule has 0 aliphatic carbocycles. The van der Waals surface area contributed by atoms with Crippen LogP contribution in [0.5, 0.6) is 5.75 Å². The Hall–Kier alpha value is -2.29. The molecular weight excluding hydrogens is 250 g/mol. The number of carbonyl (C=O) groups excluding carboxylic acids is 1. The minimum Gasteiger partial charge on any atom is -0.493 e. The third-order valence-electron chi connectivity index (χ3n) is 3.74. The Balaban J connectivity index is 1.72. The molecule has 102 valence electrons. The first-order valence-electron chi connectivity index (χ1n) is 6.79. The van der Waals surface area contributed by atoms with Gasteiger partial charge in [0.05, 0.1) is 6.61 Å². The maximum Gasteiger partial charge on any atom is 0.227 e. The van der Waals surface area contributed by atoms with E-state index in [1.165, 1.54) is 0 Å². The lowest BCUT2D eigenvalue weighted by Crippen LogP contribution is -2.27. The Morgan fingerprint density at radius 1 is 1.15 bits per heavy atom. The van der Waals surface area contributed by atoms with Crippen LogP contribution in [0.3, 0.4) is 0 Å². The van der Waals surface area contributed by atoms with E-state index in [-0.39, 0.29) is 11.8 Å². The van der Waals surface area contributed by atoms with Crippen molar-refractivity contribution >= 4 is 11.6 Å². The highest BCUT2D eigenvalue weighted by molar-refractivity contribution is 5.93. The maximum atomic E-state index is 12.4. The monoisotopic (exact) mass is 267 g/mol. The number of amides is 1. The van der Waals surface area contributed by atoms with Crippen molar-refractivity contribution in [3.63, 3.8) is 0 Å². The summed E-state index contributed by atoms with van der Waals surface area (Å²) in [6, 6.07) is 17.7. The van der Waals surface area contributed by atoms with Crippen LogP contribution in [0.4, 0.5) is 5.69 Å². The number of rotatable bonds is 3. The zero-order chi connectivity index (χ0) is 13.9. The van der Waals surface area contributed by atoms with Gasteiger partial charge >= 0.3 is 0 Å². The molecule has 3 heteroatoms. The number of hydrogen-bond acceptors (Lipinski definition) is 2. The molecular formula is C17H17NO2. The Morgan fingerprint density at radius 3 is 2.65 bits per heavy atom. The van der Waals surface area contributed by atoms with Gasteiger partial charge in [0.15, 0.2) is 0 Å². The summed E-state index contributed by atoms with van der Waals surface area (Å²) in [7, 11) is 1.82. The highest BCUT2D eigenvalue weighted by Crippen LogP contribution is 2.35. The third-order valence-corrected chi connectivity index (χ3v) is 3.74.